The van der Waals surface area contributed by atoms with E-state index in [1.807, 2.05) is 24.3 Å². The molecule has 2 aromatic carbocycles. The van der Waals surface area contributed by atoms with Gasteiger partial charge in [-0.3, -0.25) is 9.00 Å². The summed E-state index contributed by atoms with van der Waals surface area (Å²) >= 11 is 9.31. The van der Waals surface area contributed by atoms with E-state index in [2.05, 4.69) is 21.2 Å². The Morgan fingerprint density at radius 3 is 2.69 bits per heavy atom. The third kappa shape index (κ3) is 5.06. The van der Waals surface area contributed by atoms with Gasteiger partial charge < -0.3 is 9.73 Å². The van der Waals surface area contributed by atoms with Crippen molar-refractivity contribution in [2.75, 3.05) is 0 Å². The molecule has 1 aromatic heterocycles. The minimum absolute atomic E-state index is 0.180. The Labute approximate surface area is 167 Å². The summed E-state index contributed by atoms with van der Waals surface area (Å²) in [6.07, 6.45) is 0. The molecule has 0 aliphatic carbocycles. The molecule has 1 heterocycles. The molecule has 0 saturated heterocycles. The summed E-state index contributed by atoms with van der Waals surface area (Å²) in [5.41, 5.74) is 0.974. The van der Waals surface area contributed by atoms with E-state index in [1.54, 1.807) is 36.4 Å². The van der Waals surface area contributed by atoms with Crippen molar-refractivity contribution >= 4 is 44.2 Å². The molecule has 1 atom stereocenters. The van der Waals surface area contributed by atoms with E-state index in [4.69, 9.17) is 16.0 Å². The van der Waals surface area contributed by atoms with Crippen LogP contribution in [-0.2, 0) is 23.1 Å². The highest BCUT2D eigenvalue weighted by Gasteiger charge is 2.14. The Morgan fingerprint density at radius 1 is 1.12 bits per heavy atom. The molecule has 3 aromatic rings. The zero-order valence-corrected chi connectivity index (χ0v) is 16.7. The van der Waals surface area contributed by atoms with E-state index in [9.17, 15) is 9.00 Å². The van der Waals surface area contributed by atoms with Gasteiger partial charge in [0.1, 0.15) is 5.76 Å². The van der Waals surface area contributed by atoms with Crippen molar-refractivity contribution in [1.29, 1.82) is 0 Å². The second-order valence-corrected chi connectivity index (χ2v) is 8.33. The number of rotatable bonds is 6. The maximum Gasteiger partial charge on any atom is 0.287 e. The van der Waals surface area contributed by atoms with Gasteiger partial charge in [-0.2, -0.15) is 0 Å². The minimum Gasteiger partial charge on any atom is -0.455 e. The highest BCUT2D eigenvalue weighted by molar-refractivity contribution is 9.10. The number of halogens is 2. The maximum atomic E-state index is 12.4. The van der Waals surface area contributed by atoms with Gasteiger partial charge in [0.05, 0.1) is 16.6 Å². The highest BCUT2D eigenvalue weighted by Crippen LogP contribution is 2.18. The van der Waals surface area contributed by atoms with E-state index in [1.165, 1.54) is 0 Å². The molecule has 7 heteroatoms. The molecule has 0 saturated carbocycles. The lowest BCUT2D eigenvalue weighted by atomic mass is 10.2. The third-order valence-corrected chi connectivity index (χ3v) is 5.61. The van der Waals surface area contributed by atoms with Gasteiger partial charge >= 0.3 is 0 Å². The van der Waals surface area contributed by atoms with Gasteiger partial charge in [-0.15, -0.1) is 0 Å². The second kappa shape index (κ2) is 8.66. The van der Waals surface area contributed by atoms with Crippen molar-refractivity contribution in [3.05, 3.63) is 87.2 Å². The van der Waals surface area contributed by atoms with Crippen LogP contribution in [0.2, 0.25) is 5.02 Å². The first kappa shape index (κ1) is 18.9. The van der Waals surface area contributed by atoms with Crippen LogP contribution in [0.15, 0.2) is 74.4 Å². The molecule has 4 nitrogen and oxygen atoms in total. The smallest absolute Gasteiger partial charge is 0.287 e. The number of benzene rings is 2. The van der Waals surface area contributed by atoms with Crippen LogP contribution >= 0.6 is 27.5 Å². The predicted octanol–water partition coefficient (Wildman–Crippen LogP) is 4.93. The number of hydrogen-bond acceptors (Lipinski definition) is 3. The molecule has 1 amide bonds. The number of carbonyl (C=O) groups excluding carboxylic acids is 1. The molecule has 0 aliphatic rings. The summed E-state index contributed by atoms with van der Waals surface area (Å²) in [7, 11) is -1.30. The SMILES string of the molecule is O=C(NCc1cccc(Br)c1)c1ccc(C[S@](=O)c2cccc(Cl)c2)o1. The normalized spacial score (nSPS) is 11.9. The van der Waals surface area contributed by atoms with Crippen LogP contribution < -0.4 is 5.32 Å². The lowest BCUT2D eigenvalue weighted by Gasteiger charge is -2.04. The van der Waals surface area contributed by atoms with Crippen molar-refractivity contribution in [2.24, 2.45) is 0 Å². The Bertz CT molecular complexity index is 957. The fraction of sp³-hybridized carbons (Fsp3) is 0.105. The molecule has 3 rings (SSSR count). The van der Waals surface area contributed by atoms with E-state index in [0.29, 0.717) is 22.2 Å². The standard InChI is InChI=1S/C19H15BrClNO3S/c20-14-4-1-3-13(9-14)11-22-19(23)18-8-7-16(25-18)12-26(24)17-6-2-5-15(21)10-17/h1-10H,11-12H2,(H,22,23)/t26-/m0/s1. The molecular weight excluding hydrogens is 438 g/mol. The molecule has 0 fully saturated rings. The summed E-state index contributed by atoms with van der Waals surface area (Å²) < 4.78 is 18.9. The van der Waals surface area contributed by atoms with Crippen molar-refractivity contribution in [3.8, 4) is 0 Å². The predicted molar refractivity (Wildman–Crippen MR) is 106 cm³/mol. The molecule has 0 spiro atoms. The highest BCUT2D eigenvalue weighted by atomic mass is 79.9. The Kier molecular flexibility index (Phi) is 6.29. The van der Waals surface area contributed by atoms with Gasteiger partial charge in [-0.1, -0.05) is 45.7 Å². The van der Waals surface area contributed by atoms with E-state index >= 15 is 0 Å². The fourth-order valence-electron chi connectivity index (χ4n) is 2.32. The summed E-state index contributed by atoms with van der Waals surface area (Å²) in [6.45, 7) is 0.392. The zero-order chi connectivity index (χ0) is 18.5. The van der Waals surface area contributed by atoms with Gasteiger partial charge in [-0.05, 0) is 48.0 Å². The quantitative estimate of drug-likeness (QED) is 0.577. The van der Waals surface area contributed by atoms with Crippen LogP contribution in [0.3, 0.4) is 0 Å². The largest absolute Gasteiger partial charge is 0.455 e. The zero-order valence-electron chi connectivity index (χ0n) is 13.6. The third-order valence-electron chi connectivity index (χ3n) is 3.56. The Morgan fingerprint density at radius 2 is 1.92 bits per heavy atom. The fourth-order valence-corrected chi connectivity index (χ4v) is 4.09. The van der Waals surface area contributed by atoms with Gasteiger partial charge in [0.15, 0.2) is 5.76 Å². The lowest BCUT2D eigenvalue weighted by Crippen LogP contribution is -2.22. The first-order chi connectivity index (χ1) is 12.5. The van der Waals surface area contributed by atoms with Crippen LogP contribution in [-0.4, -0.2) is 10.1 Å². The molecule has 0 radical (unpaired) electrons. The molecular formula is C19H15BrClNO3S. The average molecular weight is 453 g/mol. The summed E-state index contributed by atoms with van der Waals surface area (Å²) in [5, 5.41) is 3.33. The number of amides is 1. The van der Waals surface area contributed by atoms with Gasteiger partial charge in [-0.25, -0.2) is 0 Å². The van der Waals surface area contributed by atoms with Crippen molar-refractivity contribution in [3.63, 3.8) is 0 Å². The molecule has 0 unspecified atom stereocenters. The molecule has 0 aliphatic heterocycles. The minimum atomic E-state index is -1.30. The Balaban J connectivity index is 1.60. The monoisotopic (exact) mass is 451 g/mol. The molecule has 1 N–H and O–H groups in total. The van der Waals surface area contributed by atoms with Crippen LogP contribution in [0.4, 0.5) is 0 Å². The number of hydrogen-bond donors (Lipinski definition) is 1. The second-order valence-electron chi connectivity index (χ2n) is 5.53. The van der Waals surface area contributed by atoms with E-state index < -0.39 is 10.8 Å². The topological polar surface area (TPSA) is 59.3 Å². The van der Waals surface area contributed by atoms with Crippen LogP contribution in [0, 0.1) is 0 Å². The lowest BCUT2D eigenvalue weighted by molar-refractivity contribution is 0.0921. The van der Waals surface area contributed by atoms with Crippen molar-refractivity contribution < 1.29 is 13.4 Å². The first-order valence-electron chi connectivity index (χ1n) is 7.76. The summed E-state index contributed by atoms with van der Waals surface area (Å²) in [5.74, 6) is 0.540. The van der Waals surface area contributed by atoms with E-state index in [0.717, 1.165) is 10.0 Å². The molecule has 0 bridgehead atoms. The van der Waals surface area contributed by atoms with Crippen LogP contribution in [0.1, 0.15) is 21.9 Å². The first-order valence-corrected chi connectivity index (χ1v) is 10.3. The number of nitrogens with one attached hydrogen (secondary N) is 1. The Hall–Kier alpha value is -1.89. The number of carbonyl (C=O) groups is 1. The van der Waals surface area contributed by atoms with Gasteiger partial charge in [0.25, 0.3) is 5.91 Å². The summed E-state index contributed by atoms with van der Waals surface area (Å²) in [4.78, 5) is 12.8. The molecule has 134 valence electrons. The van der Waals surface area contributed by atoms with Crippen LogP contribution in [0.5, 0.6) is 0 Å². The van der Waals surface area contributed by atoms with Crippen molar-refractivity contribution in [1.82, 2.24) is 5.32 Å². The molecule has 26 heavy (non-hydrogen) atoms. The maximum absolute atomic E-state index is 12.4. The van der Waals surface area contributed by atoms with Gasteiger partial charge in [0.2, 0.25) is 0 Å². The summed E-state index contributed by atoms with van der Waals surface area (Å²) in [6, 6.07) is 17.8. The number of furan rings is 1. The van der Waals surface area contributed by atoms with E-state index in [-0.39, 0.29) is 17.4 Å². The van der Waals surface area contributed by atoms with Crippen molar-refractivity contribution in [2.45, 2.75) is 17.2 Å². The van der Waals surface area contributed by atoms with Gasteiger partial charge in [0, 0.05) is 20.9 Å². The average Bonchev–Trinajstić information content (AvgIpc) is 3.08. The van der Waals surface area contributed by atoms with Crippen LogP contribution in [0.25, 0.3) is 0 Å².